The number of aromatic nitrogens is 4. The second-order valence-corrected chi connectivity index (χ2v) is 2.96. The zero-order chi connectivity index (χ0) is 12.4. The molecular formula is C8H5N5O4. The highest BCUT2D eigenvalue weighted by molar-refractivity contribution is 5.92. The average Bonchev–Trinajstić information content (AvgIpc) is 2.81. The molecule has 9 heteroatoms. The second-order valence-electron chi connectivity index (χ2n) is 2.96. The van der Waals surface area contributed by atoms with Gasteiger partial charge in [0.15, 0.2) is 5.82 Å². The lowest BCUT2D eigenvalue weighted by Gasteiger charge is -2.01. The van der Waals surface area contributed by atoms with Crippen LogP contribution in [0.4, 0.5) is 5.69 Å². The minimum atomic E-state index is -1.40. The molecule has 0 aromatic carbocycles. The lowest BCUT2D eigenvalue weighted by molar-refractivity contribution is -0.385. The fourth-order valence-electron chi connectivity index (χ4n) is 1.21. The van der Waals surface area contributed by atoms with Gasteiger partial charge in [-0.05, 0) is 0 Å². The zero-order valence-electron chi connectivity index (χ0n) is 8.22. The van der Waals surface area contributed by atoms with Crippen molar-refractivity contribution in [1.82, 2.24) is 19.7 Å². The molecule has 1 N–H and O–H groups in total. The highest BCUT2D eigenvalue weighted by Gasteiger charge is 2.21. The second kappa shape index (κ2) is 3.96. The van der Waals surface area contributed by atoms with E-state index < -0.39 is 22.1 Å². The molecule has 0 saturated heterocycles. The third kappa shape index (κ3) is 1.93. The molecule has 0 saturated carbocycles. The van der Waals surface area contributed by atoms with E-state index >= 15 is 0 Å². The van der Waals surface area contributed by atoms with Crippen LogP contribution >= 0.6 is 0 Å². The molecule has 0 aliphatic heterocycles. The topological polar surface area (TPSA) is 124 Å². The lowest BCUT2D eigenvalue weighted by Crippen LogP contribution is -2.07. The van der Waals surface area contributed by atoms with Gasteiger partial charge in [0.25, 0.3) is 0 Å². The maximum absolute atomic E-state index is 10.9. The predicted octanol–water partition coefficient (Wildman–Crippen LogP) is 0.269. The summed E-state index contributed by atoms with van der Waals surface area (Å²) in [6.07, 6.45) is 3.42. The first-order valence-electron chi connectivity index (χ1n) is 4.32. The fourth-order valence-corrected chi connectivity index (χ4v) is 1.21. The van der Waals surface area contributed by atoms with Crippen LogP contribution in [0, 0.1) is 10.1 Å². The highest BCUT2D eigenvalue weighted by Crippen LogP contribution is 2.19. The van der Waals surface area contributed by atoms with Crippen molar-refractivity contribution >= 4 is 11.7 Å². The first-order valence-corrected chi connectivity index (χ1v) is 4.32. The standard InChI is InChI=1S/C8H5N5O4/c14-8(15)5-1-7(12-4-9-3-11-12)10-2-6(5)13(16)17/h1-4H,(H,14,15). The molecule has 9 nitrogen and oxygen atoms in total. The van der Waals surface area contributed by atoms with E-state index in [9.17, 15) is 14.9 Å². The van der Waals surface area contributed by atoms with E-state index in [1.807, 2.05) is 0 Å². The molecule has 2 aromatic rings. The molecule has 0 aliphatic carbocycles. The van der Waals surface area contributed by atoms with Crippen LogP contribution < -0.4 is 0 Å². The minimum absolute atomic E-state index is 0.144. The van der Waals surface area contributed by atoms with Gasteiger partial charge in [-0.15, -0.1) is 0 Å². The number of hydrogen-bond acceptors (Lipinski definition) is 6. The summed E-state index contributed by atoms with van der Waals surface area (Å²) < 4.78 is 1.20. The van der Waals surface area contributed by atoms with Crippen molar-refractivity contribution in [3.05, 3.63) is 40.6 Å². The van der Waals surface area contributed by atoms with Crippen molar-refractivity contribution in [2.45, 2.75) is 0 Å². The number of pyridine rings is 1. The summed E-state index contributed by atoms with van der Waals surface area (Å²) in [7, 11) is 0. The SMILES string of the molecule is O=C(O)c1cc(-n2cncn2)ncc1[N+](=O)[O-]. The predicted molar refractivity (Wildman–Crippen MR) is 52.8 cm³/mol. The Balaban J connectivity index is 2.57. The third-order valence-electron chi connectivity index (χ3n) is 1.95. The number of carbonyl (C=O) groups is 1. The van der Waals surface area contributed by atoms with Crippen molar-refractivity contribution < 1.29 is 14.8 Å². The Labute approximate surface area is 93.5 Å². The number of nitro groups is 1. The molecule has 0 unspecified atom stereocenters. The monoisotopic (exact) mass is 235 g/mol. The van der Waals surface area contributed by atoms with E-state index in [0.717, 1.165) is 12.3 Å². The molecule has 0 radical (unpaired) electrons. The molecule has 86 valence electrons. The van der Waals surface area contributed by atoms with Gasteiger partial charge in [-0.3, -0.25) is 10.1 Å². The van der Waals surface area contributed by atoms with Crippen LogP contribution in [-0.2, 0) is 0 Å². The van der Waals surface area contributed by atoms with Gasteiger partial charge in [-0.25, -0.2) is 19.4 Å². The molecule has 0 aliphatic rings. The molecule has 17 heavy (non-hydrogen) atoms. The zero-order valence-corrected chi connectivity index (χ0v) is 8.22. The first-order chi connectivity index (χ1) is 8.09. The van der Waals surface area contributed by atoms with Crippen molar-refractivity contribution in [2.24, 2.45) is 0 Å². The Morgan fingerprint density at radius 3 is 2.82 bits per heavy atom. The number of aromatic carboxylic acids is 1. The normalized spacial score (nSPS) is 10.1. The number of carboxylic acid groups (broad SMARTS) is 1. The lowest BCUT2D eigenvalue weighted by atomic mass is 10.2. The van der Waals surface area contributed by atoms with E-state index in [2.05, 4.69) is 15.1 Å². The van der Waals surface area contributed by atoms with Crippen molar-refractivity contribution in [2.75, 3.05) is 0 Å². The van der Waals surface area contributed by atoms with Crippen molar-refractivity contribution in [3.8, 4) is 5.82 Å². The first kappa shape index (κ1) is 10.7. The number of hydrogen-bond donors (Lipinski definition) is 1. The number of carboxylic acids is 1. The third-order valence-corrected chi connectivity index (χ3v) is 1.95. The van der Waals surface area contributed by atoms with Crippen LogP contribution in [0.5, 0.6) is 0 Å². The summed E-state index contributed by atoms with van der Waals surface area (Å²) >= 11 is 0. The van der Waals surface area contributed by atoms with Crippen LogP contribution in [0.1, 0.15) is 10.4 Å². The Hall–Kier alpha value is -2.84. The van der Waals surface area contributed by atoms with Crippen molar-refractivity contribution in [1.29, 1.82) is 0 Å². The van der Waals surface area contributed by atoms with E-state index in [-0.39, 0.29) is 5.82 Å². The van der Waals surface area contributed by atoms with Gasteiger partial charge >= 0.3 is 11.7 Å². The van der Waals surface area contributed by atoms with Gasteiger partial charge in [0.2, 0.25) is 0 Å². The Morgan fingerprint density at radius 2 is 2.29 bits per heavy atom. The Kier molecular flexibility index (Phi) is 2.49. The minimum Gasteiger partial charge on any atom is -0.477 e. The largest absolute Gasteiger partial charge is 0.477 e. The number of rotatable bonds is 3. The van der Waals surface area contributed by atoms with Gasteiger partial charge in [0.1, 0.15) is 24.4 Å². The molecule has 0 spiro atoms. The van der Waals surface area contributed by atoms with E-state index in [4.69, 9.17) is 5.11 Å². The van der Waals surface area contributed by atoms with Crippen LogP contribution in [0.15, 0.2) is 24.9 Å². The summed E-state index contributed by atoms with van der Waals surface area (Å²) in [5.41, 5.74) is -1.02. The molecule has 2 rings (SSSR count). The average molecular weight is 235 g/mol. The van der Waals surface area contributed by atoms with Gasteiger partial charge in [0, 0.05) is 6.07 Å². The molecule has 2 aromatic heterocycles. The Morgan fingerprint density at radius 1 is 1.53 bits per heavy atom. The van der Waals surface area contributed by atoms with Crippen molar-refractivity contribution in [3.63, 3.8) is 0 Å². The smallest absolute Gasteiger partial charge is 0.342 e. The van der Waals surface area contributed by atoms with Gasteiger partial charge in [0.05, 0.1) is 4.92 Å². The van der Waals surface area contributed by atoms with E-state index in [1.54, 1.807) is 0 Å². The highest BCUT2D eigenvalue weighted by atomic mass is 16.6. The fraction of sp³-hybridized carbons (Fsp3) is 0. The van der Waals surface area contributed by atoms with Gasteiger partial charge in [-0.2, -0.15) is 5.10 Å². The maximum atomic E-state index is 10.9. The quantitative estimate of drug-likeness (QED) is 0.597. The summed E-state index contributed by atoms with van der Waals surface area (Å²) in [6.45, 7) is 0. The maximum Gasteiger partial charge on any atom is 0.342 e. The molecule has 0 amide bonds. The van der Waals surface area contributed by atoms with Crippen LogP contribution in [0.25, 0.3) is 5.82 Å². The van der Waals surface area contributed by atoms with Crippen LogP contribution in [-0.4, -0.2) is 35.7 Å². The van der Waals surface area contributed by atoms with E-state index in [0.29, 0.717) is 0 Å². The van der Waals surface area contributed by atoms with Crippen LogP contribution in [0.2, 0.25) is 0 Å². The molecular weight excluding hydrogens is 230 g/mol. The Bertz CT molecular complexity index is 580. The number of nitrogens with zero attached hydrogens (tertiary/aromatic N) is 5. The molecule has 0 bridgehead atoms. The van der Waals surface area contributed by atoms with Gasteiger partial charge in [-0.1, -0.05) is 0 Å². The summed E-state index contributed by atoms with van der Waals surface area (Å²) in [4.78, 5) is 28.1. The van der Waals surface area contributed by atoms with E-state index in [1.165, 1.54) is 17.3 Å². The van der Waals surface area contributed by atoms with Crippen LogP contribution in [0.3, 0.4) is 0 Å². The molecule has 0 fully saturated rings. The summed E-state index contributed by atoms with van der Waals surface area (Å²) in [5, 5.41) is 23.2. The molecule has 2 heterocycles. The molecule has 0 atom stereocenters. The van der Waals surface area contributed by atoms with Gasteiger partial charge < -0.3 is 5.11 Å². The summed E-state index contributed by atoms with van der Waals surface area (Å²) in [5.74, 6) is -1.26. The summed E-state index contributed by atoms with van der Waals surface area (Å²) in [6, 6.07) is 1.06.